The Bertz CT molecular complexity index is 893. The Kier molecular flexibility index (Phi) is 6.37. The number of hydrogen-bond acceptors (Lipinski definition) is 10. The summed E-state index contributed by atoms with van der Waals surface area (Å²) in [6.45, 7) is 2.85. The van der Waals surface area contributed by atoms with Gasteiger partial charge in [0.15, 0.2) is 6.10 Å². The van der Waals surface area contributed by atoms with Gasteiger partial charge in [-0.3, -0.25) is 28.9 Å². The molecule has 11 heteroatoms. The van der Waals surface area contributed by atoms with Gasteiger partial charge in [-0.1, -0.05) is 12.1 Å². The maximum Gasteiger partial charge on any atom is 0.305 e. The normalized spacial score (nSPS) is 27.5. The second-order valence-corrected chi connectivity index (χ2v) is 7.04. The van der Waals surface area contributed by atoms with Gasteiger partial charge in [-0.2, -0.15) is 0 Å². The average Bonchev–Trinajstić information content (AvgIpc) is 2.93. The van der Waals surface area contributed by atoms with Crippen LogP contribution in [0, 0.1) is 0 Å². The zero-order valence-corrected chi connectivity index (χ0v) is 17.0. The summed E-state index contributed by atoms with van der Waals surface area (Å²) in [6, 6.07) is 4.55. The molecule has 31 heavy (non-hydrogen) atoms. The van der Waals surface area contributed by atoms with Crippen molar-refractivity contribution >= 4 is 29.7 Å². The van der Waals surface area contributed by atoms with Crippen molar-refractivity contribution in [1.82, 2.24) is 4.90 Å². The van der Waals surface area contributed by atoms with Crippen molar-refractivity contribution in [3.63, 3.8) is 0 Å². The summed E-state index contributed by atoms with van der Waals surface area (Å²) in [6.07, 6.45) is -5.97. The molecule has 0 bridgehead atoms. The first kappa shape index (κ1) is 22.4. The van der Waals surface area contributed by atoms with E-state index in [1.165, 1.54) is 12.1 Å². The molecule has 0 aromatic heterocycles. The van der Waals surface area contributed by atoms with Crippen LogP contribution in [-0.4, -0.2) is 77.0 Å². The molecule has 1 N–H and O–H groups in total. The van der Waals surface area contributed by atoms with E-state index >= 15 is 0 Å². The molecule has 1 fully saturated rings. The van der Waals surface area contributed by atoms with E-state index in [0.29, 0.717) is 0 Å². The molecule has 1 saturated heterocycles. The van der Waals surface area contributed by atoms with Crippen molar-refractivity contribution in [2.24, 2.45) is 0 Å². The predicted octanol–water partition coefficient (Wildman–Crippen LogP) is -0.205. The van der Waals surface area contributed by atoms with Gasteiger partial charge >= 0.3 is 17.9 Å². The number of aliphatic hydroxyl groups is 1. The minimum absolute atomic E-state index is 0.104. The molecule has 2 aliphatic heterocycles. The summed E-state index contributed by atoms with van der Waals surface area (Å²) in [4.78, 5) is 61.3. The summed E-state index contributed by atoms with van der Waals surface area (Å²) in [5.41, 5.74) is 0.208. The number of esters is 3. The number of amides is 2. The summed E-state index contributed by atoms with van der Waals surface area (Å²) in [7, 11) is 0. The van der Waals surface area contributed by atoms with Crippen LogP contribution in [0.1, 0.15) is 41.5 Å². The van der Waals surface area contributed by atoms with Crippen molar-refractivity contribution in [3.05, 3.63) is 35.4 Å². The number of rotatable bonds is 5. The zero-order valence-electron chi connectivity index (χ0n) is 17.0. The lowest BCUT2D eigenvalue weighted by Crippen LogP contribution is -2.67. The average molecular weight is 435 g/mol. The molecule has 1 aromatic carbocycles. The van der Waals surface area contributed by atoms with Gasteiger partial charge in [0, 0.05) is 20.8 Å². The van der Waals surface area contributed by atoms with Crippen molar-refractivity contribution in [3.8, 4) is 0 Å². The number of aliphatic hydroxyl groups excluding tert-OH is 1. The number of ether oxygens (including phenoxy) is 4. The number of carbonyl (C=O) groups is 5. The van der Waals surface area contributed by atoms with Crippen LogP contribution in [0.15, 0.2) is 24.3 Å². The third-order valence-electron chi connectivity index (χ3n) is 4.80. The summed E-state index contributed by atoms with van der Waals surface area (Å²) in [5.74, 6) is -3.74. The topological polar surface area (TPSA) is 146 Å². The molecule has 0 aliphatic carbocycles. The monoisotopic (exact) mass is 435 g/mol. The van der Waals surface area contributed by atoms with E-state index in [4.69, 9.17) is 18.9 Å². The van der Waals surface area contributed by atoms with E-state index in [1.54, 1.807) is 12.1 Å². The van der Waals surface area contributed by atoms with Gasteiger partial charge in [0.1, 0.15) is 24.9 Å². The molecule has 2 heterocycles. The fourth-order valence-electron chi connectivity index (χ4n) is 3.58. The number of carbonyl (C=O) groups excluding carboxylic acids is 5. The fourth-order valence-corrected chi connectivity index (χ4v) is 3.58. The van der Waals surface area contributed by atoms with Gasteiger partial charge < -0.3 is 24.1 Å². The van der Waals surface area contributed by atoms with Gasteiger partial charge in [0.05, 0.1) is 11.1 Å². The van der Waals surface area contributed by atoms with Crippen LogP contribution in [0.2, 0.25) is 0 Å². The van der Waals surface area contributed by atoms with Gasteiger partial charge in [-0.05, 0) is 12.1 Å². The van der Waals surface area contributed by atoms with Gasteiger partial charge in [0.2, 0.25) is 6.29 Å². The molecule has 2 amide bonds. The minimum Gasteiger partial charge on any atom is -0.463 e. The molecule has 3 rings (SSSR count). The van der Waals surface area contributed by atoms with E-state index in [-0.39, 0.29) is 11.1 Å². The molecule has 0 saturated carbocycles. The number of benzene rings is 1. The highest BCUT2D eigenvalue weighted by molar-refractivity contribution is 6.21. The number of hydrogen-bond donors (Lipinski definition) is 1. The van der Waals surface area contributed by atoms with Crippen LogP contribution in [0.3, 0.4) is 0 Å². The van der Waals surface area contributed by atoms with Crippen molar-refractivity contribution < 1.29 is 48.0 Å². The maximum atomic E-state index is 13.0. The van der Waals surface area contributed by atoms with Crippen LogP contribution in [0.25, 0.3) is 0 Å². The minimum atomic E-state index is -1.61. The van der Waals surface area contributed by atoms with Gasteiger partial charge in [-0.25, -0.2) is 0 Å². The lowest BCUT2D eigenvalue weighted by atomic mass is 9.95. The second kappa shape index (κ2) is 8.82. The molecule has 166 valence electrons. The highest BCUT2D eigenvalue weighted by atomic mass is 16.7. The van der Waals surface area contributed by atoms with Crippen LogP contribution in [-0.2, 0) is 33.3 Å². The first-order valence-corrected chi connectivity index (χ1v) is 9.40. The molecule has 3 unspecified atom stereocenters. The molecular weight excluding hydrogens is 414 g/mol. The summed E-state index contributed by atoms with van der Waals surface area (Å²) >= 11 is 0. The van der Waals surface area contributed by atoms with Crippen LogP contribution < -0.4 is 0 Å². The number of fused-ring (bicyclic) bond motifs is 1. The van der Waals surface area contributed by atoms with E-state index in [1.807, 2.05) is 0 Å². The highest BCUT2D eigenvalue weighted by Crippen LogP contribution is 2.34. The Morgan fingerprint density at radius 1 is 0.968 bits per heavy atom. The van der Waals surface area contributed by atoms with E-state index in [0.717, 1.165) is 25.7 Å². The molecule has 11 nitrogen and oxygen atoms in total. The standard InChI is InChI=1S/C20H21NO10/c1-9(22)28-8-14-16(25)17(29-10(2)23)15(20(31-14)30-11(3)24)21-18(26)12-6-4-5-7-13(12)19(21)27/h4-7,14-17,20,25H,8H2,1-3H3/t14?,15?,16-,17?,20-/m1/s1. The van der Waals surface area contributed by atoms with Crippen molar-refractivity contribution in [1.29, 1.82) is 0 Å². The Labute approximate surface area is 176 Å². The first-order chi connectivity index (χ1) is 14.6. The predicted molar refractivity (Wildman–Crippen MR) is 99.4 cm³/mol. The SMILES string of the molecule is CC(=O)OCC1O[C@@H](OC(C)=O)C(N2C(=O)c3ccccc3C2=O)C(OC(C)=O)[C@@H]1O. The molecule has 5 atom stereocenters. The summed E-state index contributed by atoms with van der Waals surface area (Å²) in [5, 5.41) is 10.8. The Hall–Kier alpha value is -3.31. The lowest BCUT2D eigenvalue weighted by molar-refractivity contribution is -0.275. The van der Waals surface area contributed by atoms with Crippen LogP contribution in [0.5, 0.6) is 0 Å². The quantitative estimate of drug-likeness (QED) is 0.375. The van der Waals surface area contributed by atoms with Crippen molar-refractivity contribution in [2.75, 3.05) is 6.61 Å². The molecule has 0 spiro atoms. The van der Waals surface area contributed by atoms with Crippen LogP contribution in [0.4, 0.5) is 0 Å². The fraction of sp³-hybridized carbons (Fsp3) is 0.450. The van der Waals surface area contributed by atoms with Crippen LogP contribution >= 0.6 is 0 Å². The number of nitrogens with zero attached hydrogens (tertiary/aromatic N) is 1. The van der Waals surface area contributed by atoms with Gasteiger partial charge in [-0.15, -0.1) is 0 Å². The Balaban J connectivity index is 2.02. The highest BCUT2D eigenvalue weighted by Gasteiger charge is 2.56. The number of imide groups is 1. The maximum absolute atomic E-state index is 13.0. The van der Waals surface area contributed by atoms with E-state index < -0.39 is 67.0 Å². The first-order valence-electron chi connectivity index (χ1n) is 9.40. The third kappa shape index (κ3) is 4.42. The summed E-state index contributed by atoms with van der Waals surface area (Å²) < 4.78 is 20.8. The van der Waals surface area contributed by atoms with E-state index in [2.05, 4.69) is 0 Å². The molecule has 2 aliphatic rings. The third-order valence-corrected chi connectivity index (χ3v) is 4.80. The Morgan fingerprint density at radius 3 is 2.00 bits per heavy atom. The zero-order chi connectivity index (χ0) is 22.9. The molecular formula is C20H21NO10. The second-order valence-electron chi connectivity index (χ2n) is 7.04. The van der Waals surface area contributed by atoms with Gasteiger partial charge in [0.25, 0.3) is 11.8 Å². The van der Waals surface area contributed by atoms with E-state index in [9.17, 15) is 29.1 Å². The Morgan fingerprint density at radius 2 is 1.52 bits per heavy atom. The van der Waals surface area contributed by atoms with Crippen molar-refractivity contribution in [2.45, 2.75) is 51.4 Å². The smallest absolute Gasteiger partial charge is 0.305 e. The molecule has 0 radical (unpaired) electrons. The largest absolute Gasteiger partial charge is 0.463 e. The lowest BCUT2D eigenvalue weighted by Gasteiger charge is -2.45. The molecule has 1 aromatic rings.